The van der Waals surface area contributed by atoms with Crippen LogP contribution in [-0.2, 0) is 4.74 Å². The molecule has 0 bridgehead atoms. The summed E-state index contributed by atoms with van der Waals surface area (Å²) in [5.41, 5.74) is -0.648. The summed E-state index contributed by atoms with van der Waals surface area (Å²) in [7, 11) is 0. The zero-order valence-corrected chi connectivity index (χ0v) is 11.1. The summed E-state index contributed by atoms with van der Waals surface area (Å²) >= 11 is 2.22. The van der Waals surface area contributed by atoms with E-state index in [1.54, 1.807) is 20.8 Å². The maximum absolute atomic E-state index is 12.8. The minimum absolute atomic E-state index is 0.239. The molecule has 0 saturated heterocycles. The van der Waals surface area contributed by atoms with Crippen LogP contribution < -0.4 is 5.32 Å². The quantitative estimate of drug-likeness (QED) is 0.639. The molecule has 0 aliphatic rings. The second-order valence-corrected chi connectivity index (χ2v) is 5.32. The lowest BCUT2D eigenvalue weighted by Gasteiger charge is -2.22. The highest BCUT2D eigenvalue weighted by atomic mass is 79.9. The van der Waals surface area contributed by atoms with Crippen molar-refractivity contribution in [3.8, 4) is 0 Å². The Morgan fingerprint density at radius 1 is 1.56 bits per heavy atom. The van der Waals surface area contributed by atoms with Crippen molar-refractivity contribution in [3.63, 3.8) is 0 Å². The van der Waals surface area contributed by atoms with Gasteiger partial charge in [0.1, 0.15) is 5.60 Å². The summed E-state index contributed by atoms with van der Waals surface area (Å²) in [5, 5.41) is 2.25. The first kappa shape index (κ1) is 15.3. The highest BCUT2D eigenvalue weighted by molar-refractivity contribution is 9.10. The van der Waals surface area contributed by atoms with Crippen LogP contribution in [0.2, 0.25) is 0 Å². The molecule has 1 amide bonds. The van der Waals surface area contributed by atoms with Gasteiger partial charge in [-0.25, -0.2) is 4.79 Å². The highest BCUT2D eigenvalue weighted by Crippen LogP contribution is 2.31. The molecular weight excluding hydrogens is 284 g/mol. The summed E-state index contributed by atoms with van der Waals surface area (Å²) in [5.74, 6) is -1.18. The molecule has 0 aromatic rings. The summed E-state index contributed by atoms with van der Waals surface area (Å²) in [6, 6.07) is 0. The number of carbonyl (C=O) groups excluding carboxylic acids is 1. The van der Waals surface area contributed by atoms with Gasteiger partial charge in [-0.1, -0.05) is 6.08 Å². The van der Waals surface area contributed by atoms with E-state index in [1.165, 1.54) is 0 Å². The second-order valence-electron chi connectivity index (χ2n) is 4.27. The van der Waals surface area contributed by atoms with Crippen LogP contribution in [0.1, 0.15) is 20.8 Å². The minimum Gasteiger partial charge on any atom is -0.444 e. The molecule has 94 valence electrons. The van der Waals surface area contributed by atoms with Crippen molar-refractivity contribution < 1.29 is 18.3 Å². The Balaban J connectivity index is 4.14. The smallest absolute Gasteiger partial charge is 0.407 e. The van der Waals surface area contributed by atoms with Gasteiger partial charge in [-0.2, -0.15) is 8.78 Å². The van der Waals surface area contributed by atoms with Gasteiger partial charge in [-0.05, 0) is 36.7 Å². The van der Waals surface area contributed by atoms with Crippen molar-refractivity contribution in [3.05, 3.63) is 12.7 Å². The molecule has 0 aliphatic heterocycles. The van der Waals surface area contributed by atoms with E-state index >= 15 is 0 Å². The predicted octanol–water partition coefficient (Wildman–Crippen LogP) is 3.30. The third-order valence-electron chi connectivity index (χ3n) is 1.57. The van der Waals surface area contributed by atoms with E-state index < -0.39 is 22.4 Å². The van der Waals surface area contributed by atoms with Crippen molar-refractivity contribution in [1.29, 1.82) is 0 Å². The molecule has 0 aliphatic carbocycles. The lowest BCUT2D eigenvalue weighted by molar-refractivity contribution is 0.0442. The number of nitrogens with one attached hydrogen (secondary N) is 1. The molecule has 0 aromatic carbocycles. The summed E-state index contributed by atoms with van der Waals surface area (Å²) < 4.78 is 30.6. The number of rotatable bonds is 4. The minimum atomic E-state index is -3.09. The third-order valence-corrected chi connectivity index (χ3v) is 2.16. The van der Waals surface area contributed by atoms with Crippen molar-refractivity contribution in [2.24, 2.45) is 5.92 Å². The van der Waals surface area contributed by atoms with Crippen molar-refractivity contribution >= 4 is 22.0 Å². The van der Waals surface area contributed by atoms with Gasteiger partial charge in [0.2, 0.25) is 0 Å². The predicted molar refractivity (Wildman–Crippen MR) is 61.8 cm³/mol. The van der Waals surface area contributed by atoms with Crippen LogP contribution in [0.25, 0.3) is 0 Å². The molecule has 0 fully saturated rings. The second kappa shape index (κ2) is 5.61. The van der Waals surface area contributed by atoms with Crippen LogP contribution in [-0.4, -0.2) is 23.1 Å². The van der Waals surface area contributed by atoms with Crippen LogP contribution in [0, 0.1) is 5.92 Å². The number of hydrogen-bond donors (Lipinski definition) is 1. The van der Waals surface area contributed by atoms with E-state index in [-0.39, 0.29) is 6.54 Å². The molecule has 0 aromatic heterocycles. The van der Waals surface area contributed by atoms with E-state index in [4.69, 9.17) is 4.74 Å². The van der Waals surface area contributed by atoms with Crippen molar-refractivity contribution in [2.45, 2.75) is 31.2 Å². The lowest BCUT2D eigenvalue weighted by atomic mass is 10.1. The normalized spacial score (nSPS) is 14.1. The molecule has 1 unspecified atom stereocenters. The van der Waals surface area contributed by atoms with E-state index in [9.17, 15) is 13.6 Å². The lowest BCUT2D eigenvalue weighted by Crippen LogP contribution is -2.38. The van der Waals surface area contributed by atoms with Crippen LogP contribution in [0.15, 0.2) is 12.7 Å². The fraction of sp³-hybridized carbons (Fsp3) is 0.700. The van der Waals surface area contributed by atoms with Gasteiger partial charge in [0.05, 0.1) is 5.92 Å². The Labute approximate surface area is 102 Å². The number of carbonyl (C=O) groups is 1. The molecule has 0 radical (unpaired) electrons. The van der Waals surface area contributed by atoms with E-state index in [0.717, 1.165) is 6.08 Å². The number of alkyl carbamates (subject to hydrolysis) is 1. The Hall–Kier alpha value is -0.650. The highest BCUT2D eigenvalue weighted by Gasteiger charge is 2.34. The van der Waals surface area contributed by atoms with Gasteiger partial charge in [0.15, 0.2) is 0 Å². The van der Waals surface area contributed by atoms with Gasteiger partial charge < -0.3 is 10.1 Å². The Morgan fingerprint density at radius 3 is 2.38 bits per heavy atom. The van der Waals surface area contributed by atoms with Crippen molar-refractivity contribution in [2.75, 3.05) is 6.54 Å². The van der Waals surface area contributed by atoms with Crippen LogP contribution in [0.4, 0.5) is 13.6 Å². The molecule has 1 atom stereocenters. The largest absolute Gasteiger partial charge is 0.444 e. The fourth-order valence-corrected chi connectivity index (χ4v) is 1.19. The van der Waals surface area contributed by atoms with Gasteiger partial charge in [-0.3, -0.25) is 0 Å². The molecule has 16 heavy (non-hydrogen) atoms. The van der Waals surface area contributed by atoms with Gasteiger partial charge in [-0.15, -0.1) is 6.58 Å². The first-order chi connectivity index (χ1) is 7.06. The number of amides is 1. The Morgan fingerprint density at radius 2 is 2.06 bits per heavy atom. The average Bonchev–Trinajstić information content (AvgIpc) is 1.98. The van der Waals surface area contributed by atoms with Crippen molar-refractivity contribution in [1.82, 2.24) is 5.32 Å². The standard InChI is InChI=1S/C10H16BrF2NO2/c1-5-7(10(11,12)13)6-14-8(15)16-9(2,3)4/h5,7H,1,6H2,2-4H3,(H,14,15). The summed E-state index contributed by atoms with van der Waals surface area (Å²) in [4.78, 5) is 8.08. The SMILES string of the molecule is C=CC(CNC(=O)OC(C)(C)C)C(F)(F)Br. The maximum atomic E-state index is 12.8. The maximum Gasteiger partial charge on any atom is 0.407 e. The number of ether oxygens (including phenoxy) is 1. The number of halogens is 3. The number of alkyl halides is 3. The van der Waals surface area contributed by atoms with Gasteiger partial charge >= 0.3 is 10.9 Å². The van der Waals surface area contributed by atoms with E-state index in [2.05, 4.69) is 27.8 Å². The third kappa shape index (κ3) is 6.76. The van der Waals surface area contributed by atoms with Gasteiger partial charge in [0.25, 0.3) is 0 Å². The average molecular weight is 300 g/mol. The molecule has 0 rings (SSSR count). The Bertz CT molecular complexity index is 259. The Kier molecular flexibility index (Phi) is 5.38. The monoisotopic (exact) mass is 299 g/mol. The summed E-state index contributed by atoms with van der Waals surface area (Å²) in [6.45, 7) is 8.11. The topological polar surface area (TPSA) is 38.3 Å². The molecule has 0 heterocycles. The summed E-state index contributed by atoms with van der Waals surface area (Å²) in [6.07, 6.45) is 0.350. The molecule has 0 saturated carbocycles. The van der Waals surface area contributed by atoms with Crippen LogP contribution >= 0.6 is 15.9 Å². The first-order valence-corrected chi connectivity index (χ1v) is 5.51. The molecule has 1 N–H and O–H groups in total. The molecular formula is C10H16BrF2NO2. The van der Waals surface area contributed by atoms with Crippen LogP contribution in [0.3, 0.4) is 0 Å². The zero-order chi connectivity index (χ0) is 13.0. The van der Waals surface area contributed by atoms with E-state index in [0.29, 0.717) is 0 Å². The molecule has 6 heteroatoms. The molecule has 0 spiro atoms. The fourth-order valence-electron chi connectivity index (χ4n) is 0.840. The van der Waals surface area contributed by atoms with Crippen LogP contribution in [0.5, 0.6) is 0 Å². The van der Waals surface area contributed by atoms with Gasteiger partial charge in [0, 0.05) is 6.54 Å². The number of hydrogen-bond acceptors (Lipinski definition) is 2. The zero-order valence-electron chi connectivity index (χ0n) is 9.52. The molecule has 3 nitrogen and oxygen atoms in total. The van der Waals surface area contributed by atoms with E-state index in [1.807, 2.05) is 0 Å². The first-order valence-electron chi connectivity index (χ1n) is 4.72.